The van der Waals surface area contributed by atoms with Crippen LogP contribution < -0.4 is 15.2 Å². The third-order valence-corrected chi connectivity index (χ3v) is 9.03. The van der Waals surface area contributed by atoms with Crippen LogP contribution in [-0.4, -0.2) is 63.8 Å². The number of carbonyl (C=O) groups is 1. The monoisotopic (exact) mass is 589 g/mol. The number of benzene rings is 2. The van der Waals surface area contributed by atoms with Crippen LogP contribution in [0, 0.1) is 5.82 Å². The maximum Gasteiger partial charge on any atom is 0.341 e. The molecule has 2 fully saturated rings. The second-order valence-corrected chi connectivity index (χ2v) is 11.6. The summed E-state index contributed by atoms with van der Waals surface area (Å²) in [5.41, 5.74) is 1.03. The fraction of sp³-hybridized carbons (Fsp3) is 0.344. The molecule has 10 heteroatoms. The maximum absolute atomic E-state index is 15.7. The van der Waals surface area contributed by atoms with Crippen LogP contribution in [0.2, 0.25) is 5.02 Å². The van der Waals surface area contributed by atoms with Gasteiger partial charge in [0.25, 0.3) is 0 Å². The molecule has 0 bridgehead atoms. The highest BCUT2D eigenvalue weighted by Gasteiger charge is 2.28. The lowest BCUT2D eigenvalue weighted by Gasteiger charge is -2.37. The van der Waals surface area contributed by atoms with Crippen molar-refractivity contribution >= 4 is 40.0 Å². The number of aromatic nitrogens is 2. The minimum absolute atomic E-state index is 0.0722. The zero-order valence-corrected chi connectivity index (χ0v) is 24.4. The Hall–Kier alpha value is -3.95. The number of aromatic carboxylic acids is 1. The van der Waals surface area contributed by atoms with E-state index >= 15 is 4.39 Å². The molecule has 0 aliphatic carbocycles. The highest BCUT2D eigenvalue weighted by atomic mass is 35.5. The summed E-state index contributed by atoms with van der Waals surface area (Å²) in [5, 5.41) is 9.81. The predicted octanol–water partition coefficient (Wildman–Crippen LogP) is 5.58. The summed E-state index contributed by atoms with van der Waals surface area (Å²) in [6.07, 6.45) is 5.39. The van der Waals surface area contributed by atoms with Crippen molar-refractivity contribution in [2.45, 2.75) is 45.3 Å². The largest absolute Gasteiger partial charge is 0.477 e. The van der Waals surface area contributed by atoms with Gasteiger partial charge in [-0.3, -0.25) is 9.69 Å². The van der Waals surface area contributed by atoms with Crippen molar-refractivity contribution in [3.8, 4) is 5.69 Å². The van der Waals surface area contributed by atoms with E-state index in [4.69, 9.17) is 11.6 Å². The van der Waals surface area contributed by atoms with Gasteiger partial charge in [-0.15, -0.1) is 0 Å². The number of fused-ring (bicyclic) bond motifs is 1. The first-order valence-electron chi connectivity index (χ1n) is 14.3. The Morgan fingerprint density at radius 1 is 1.02 bits per heavy atom. The Bertz CT molecular complexity index is 1680. The number of pyridine rings is 2. The molecule has 2 unspecified atom stereocenters. The van der Waals surface area contributed by atoms with Gasteiger partial charge >= 0.3 is 5.97 Å². The fourth-order valence-corrected chi connectivity index (χ4v) is 6.69. The zero-order valence-electron chi connectivity index (χ0n) is 23.6. The van der Waals surface area contributed by atoms with Gasteiger partial charge in [0.15, 0.2) is 0 Å². The molecule has 2 aromatic carbocycles. The van der Waals surface area contributed by atoms with Gasteiger partial charge in [0.1, 0.15) is 17.2 Å². The molecular weight excluding hydrogens is 557 g/mol. The second-order valence-electron chi connectivity index (χ2n) is 11.2. The quantitative estimate of drug-likeness (QED) is 0.315. The van der Waals surface area contributed by atoms with Crippen LogP contribution in [0.25, 0.3) is 16.6 Å². The molecule has 42 heavy (non-hydrogen) atoms. The molecule has 2 atom stereocenters. The van der Waals surface area contributed by atoms with Crippen LogP contribution in [0.3, 0.4) is 0 Å². The summed E-state index contributed by atoms with van der Waals surface area (Å²) in [5.74, 6) is -1.18. The van der Waals surface area contributed by atoms with E-state index in [1.165, 1.54) is 19.0 Å². The van der Waals surface area contributed by atoms with Gasteiger partial charge in [0.05, 0.1) is 21.6 Å². The van der Waals surface area contributed by atoms with Crippen LogP contribution in [0.4, 0.5) is 15.9 Å². The lowest BCUT2D eigenvalue weighted by molar-refractivity contribution is 0.0695. The van der Waals surface area contributed by atoms with E-state index in [0.29, 0.717) is 44.0 Å². The Morgan fingerprint density at radius 3 is 2.31 bits per heavy atom. The average Bonchev–Trinajstić information content (AvgIpc) is 3.31. The minimum atomic E-state index is -1.38. The van der Waals surface area contributed by atoms with E-state index in [-0.39, 0.29) is 21.6 Å². The van der Waals surface area contributed by atoms with Gasteiger partial charge in [-0.05, 0) is 62.6 Å². The molecule has 8 nitrogen and oxygen atoms in total. The summed E-state index contributed by atoms with van der Waals surface area (Å²) in [6, 6.07) is 15.7. The number of carboxylic acid groups (broad SMARTS) is 1. The first-order chi connectivity index (χ1) is 20.2. The second kappa shape index (κ2) is 11.4. The molecular formula is C32H33ClFN5O3. The van der Waals surface area contributed by atoms with Crippen LogP contribution >= 0.6 is 11.6 Å². The molecule has 4 aromatic rings. The smallest absolute Gasteiger partial charge is 0.341 e. The van der Waals surface area contributed by atoms with Gasteiger partial charge in [-0.25, -0.2) is 14.2 Å². The van der Waals surface area contributed by atoms with Gasteiger partial charge < -0.3 is 19.5 Å². The lowest BCUT2D eigenvalue weighted by Crippen LogP contribution is -2.47. The number of halogens is 2. The molecule has 0 amide bonds. The molecule has 4 heterocycles. The van der Waals surface area contributed by atoms with Gasteiger partial charge in [0.2, 0.25) is 5.43 Å². The molecule has 1 N–H and O–H groups in total. The van der Waals surface area contributed by atoms with Crippen molar-refractivity contribution in [2.75, 3.05) is 36.0 Å². The number of carboxylic acids is 1. The molecule has 0 saturated carbocycles. The number of hydrogen-bond donors (Lipinski definition) is 1. The van der Waals surface area contributed by atoms with Crippen LogP contribution in [0.1, 0.15) is 42.6 Å². The van der Waals surface area contributed by atoms with E-state index in [1.54, 1.807) is 10.8 Å². The van der Waals surface area contributed by atoms with E-state index < -0.39 is 22.8 Å². The van der Waals surface area contributed by atoms with Crippen molar-refractivity contribution in [2.24, 2.45) is 0 Å². The van der Waals surface area contributed by atoms with Crippen molar-refractivity contribution in [3.63, 3.8) is 0 Å². The molecule has 2 aromatic heterocycles. The summed E-state index contributed by atoms with van der Waals surface area (Å²) in [6.45, 7) is 7.53. The third kappa shape index (κ3) is 5.12. The van der Waals surface area contributed by atoms with E-state index in [0.717, 1.165) is 24.0 Å². The van der Waals surface area contributed by atoms with Gasteiger partial charge in [-0.2, -0.15) is 0 Å². The number of anilines is 2. The topological polar surface area (TPSA) is 81.9 Å². The highest BCUT2D eigenvalue weighted by Crippen LogP contribution is 2.37. The number of rotatable bonds is 6. The molecule has 2 aliphatic rings. The third-order valence-electron chi connectivity index (χ3n) is 8.67. The van der Waals surface area contributed by atoms with Crippen molar-refractivity contribution in [1.29, 1.82) is 0 Å². The Morgan fingerprint density at radius 2 is 1.69 bits per heavy atom. The Labute approximate surface area is 248 Å². The molecule has 218 valence electrons. The van der Waals surface area contributed by atoms with Gasteiger partial charge in [-0.1, -0.05) is 29.8 Å². The summed E-state index contributed by atoms with van der Waals surface area (Å²) >= 11 is 6.95. The molecule has 0 radical (unpaired) electrons. The van der Waals surface area contributed by atoms with Crippen molar-refractivity contribution in [1.82, 2.24) is 14.5 Å². The Balaban J connectivity index is 1.39. The number of hydrogen-bond acceptors (Lipinski definition) is 6. The first kappa shape index (κ1) is 28.2. The zero-order chi connectivity index (χ0) is 29.5. The summed E-state index contributed by atoms with van der Waals surface area (Å²) < 4.78 is 17.3. The number of nitrogens with zero attached hydrogens (tertiary/aromatic N) is 5. The van der Waals surface area contributed by atoms with Crippen LogP contribution in [-0.2, 0) is 6.54 Å². The molecule has 0 spiro atoms. The summed E-state index contributed by atoms with van der Waals surface area (Å²) in [7, 11) is 0. The van der Waals surface area contributed by atoms with Gasteiger partial charge in [0, 0.05) is 62.9 Å². The first-order valence-corrected chi connectivity index (χ1v) is 14.7. The predicted molar refractivity (Wildman–Crippen MR) is 164 cm³/mol. The van der Waals surface area contributed by atoms with Crippen LogP contribution in [0.5, 0.6) is 0 Å². The maximum atomic E-state index is 15.7. The number of likely N-dealkylation sites (tertiary alicyclic amines) is 1. The van der Waals surface area contributed by atoms with Crippen molar-refractivity contribution < 1.29 is 14.3 Å². The van der Waals surface area contributed by atoms with Crippen molar-refractivity contribution in [3.05, 3.63) is 93.1 Å². The van der Waals surface area contributed by atoms with E-state index in [2.05, 4.69) is 28.6 Å². The minimum Gasteiger partial charge on any atom is -0.477 e. The van der Waals surface area contributed by atoms with Crippen LogP contribution in [0.15, 0.2) is 65.7 Å². The Kier molecular flexibility index (Phi) is 7.64. The highest BCUT2D eigenvalue weighted by molar-refractivity contribution is 6.38. The molecule has 2 aliphatic heterocycles. The van der Waals surface area contributed by atoms with E-state index in [1.807, 2.05) is 47.4 Å². The number of piperazine rings is 1. The molecule has 2 saturated heterocycles. The SMILES string of the molecule is CC1CCC(C)N1Cc1ccc(-n2cc(C(=O)O)c(=O)c3cc(F)c(N4CCN(c5ccccn5)CC4)c(Cl)c32)cc1. The standard InChI is InChI=1S/C32H33ClFN5O3/c1-20-6-7-21(2)38(20)18-22-8-10-23(11-9-22)39-19-25(32(41)42)31(40)24-17-26(34)30(28(33)29(24)39)37-15-13-36(14-16-37)27-5-3-4-12-35-27/h3-5,8-12,17,19-21H,6-7,13-16,18H2,1-2H3,(H,41,42). The normalized spacial score (nSPS) is 19.5. The average molecular weight is 590 g/mol. The van der Waals surface area contributed by atoms with E-state index in [9.17, 15) is 14.7 Å². The lowest BCUT2D eigenvalue weighted by atomic mass is 10.1. The fourth-order valence-electron chi connectivity index (χ4n) is 6.28. The summed E-state index contributed by atoms with van der Waals surface area (Å²) in [4.78, 5) is 36.1. The molecule has 6 rings (SSSR count).